The van der Waals surface area contributed by atoms with Gasteiger partial charge in [0.25, 0.3) is 11.6 Å². The van der Waals surface area contributed by atoms with Crippen molar-refractivity contribution >= 4 is 40.5 Å². The summed E-state index contributed by atoms with van der Waals surface area (Å²) in [5.74, 6) is -0.257. The van der Waals surface area contributed by atoms with Crippen molar-refractivity contribution in [3.8, 4) is 0 Å². The van der Waals surface area contributed by atoms with Crippen LogP contribution in [0.2, 0.25) is 10.0 Å². The molecule has 0 heterocycles. The summed E-state index contributed by atoms with van der Waals surface area (Å²) >= 11 is 12.0. The maximum atomic E-state index is 12.0. The van der Waals surface area contributed by atoms with Crippen molar-refractivity contribution in [2.24, 2.45) is 0 Å². The first-order valence-corrected chi connectivity index (χ1v) is 7.95. The first-order valence-electron chi connectivity index (χ1n) is 7.19. The van der Waals surface area contributed by atoms with E-state index >= 15 is 0 Å². The number of hydrogen-bond acceptors (Lipinski definition) is 3. The monoisotopic (exact) mass is 368 g/mol. The largest absolute Gasteiger partial charge is 0.332 e. The average molecular weight is 369 g/mol. The molecule has 3 N–H and O–H groups in total. The van der Waals surface area contributed by atoms with Crippen molar-refractivity contribution in [2.75, 3.05) is 11.9 Å². The summed E-state index contributed by atoms with van der Waals surface area (Å²) in [5, 5.41) is 16.3. The van der Waals surface area contributed by atoms with Crippen LogP contribution in [-0.4, -0.2) is 17.4 Å². The van der Waals surface area contributed by atoms with Crippen LogP contribution < -0.4 is 10.6 Å². The second-order valence-electron chi connectivity index (χ2n) is 5.25. The van der Waals surface area contributed by atoms with Gasteiger partial charge in [0.15, 0.2) is 6.54 Å². The molecule has 2 rings (SSSR count). The lowest BCUT2D eigenvalue weighted by atomic mass is 10.1. The van der Waals surface area contributed by atoms with Crippen LogP contribution in [0.5, 0.6) is 0 Å². The zero-order valence-electron chi connectivity index (χ0n) is 12.8. The Bertz CT molecular complexity index is 768. The number of non-ortho nitro benzene ring substituents is 1. The second kappa shape index (κ2) is 8.10. The SMILES string of the molecule is C[C@H]([NH2+]CC(=O)Nc1cccc([N+](=O)[O-])c1)c1ccc(Cl)cc1Cl. The Hall–Kier alpha value is -2.15. The van der Waals surface area contributed by atoms with E-state index in [0.29, 0.717) is 15.7 Å². The number of nitrogens with one attached hydrogen (secondary N) is 1. The summed E-state index contributed by atoms with van der Waals surface area (Å²) in [6.07, 6.45) is 0. The molecule has 126 valence electrons. The molecule has 1 atom stereocenters. The molecule has 0 radical (unpaired) electrons. The standard InChI is InChI=1S/C16H15Cl2N3O3/c1-10(14-6-5-11(17)7-15(14)18)19-9-16(22)20-12-3-2-4-13(8-12)21(23)24/h2-8,10,19H,9H2,1H3,(H,20,22)/p+1/t10-/m0/s1. The Morgan fingerprint density at radius 3 is 2.71 bits per heavy atom. The van der Waals surface area contributed by atoms with Crippen LogP contribution in [0.4, 0.5) is 11.4 Å². The second-order valence-corrected chi connectivity index (χ2v) is 6.09. The molecule has 2 aromatic carbocycles. The molecule has 0 aliphatic heterocycles. The van der Waals surface area contributed by atoms with Gasteiger partial charge >= 0.3 is 0 Å². The molecule has 0 spiro atoms. The molecule has 0 aromatic heterocycles. The summed E-state index contributed by atoms with van der Waals surface area (Å²) in [5.41, 5.74) is 1.20. The summed E-state index contributed by atoms with van der Waals surface area (Å²) in [4.78, 5) is 22.2. The van der Waals surface area contributed by atoms with Crippen LogP contribution in [0.15, 0.2) is 42.5 Å². The number of nitro benzene ring substituents is 1. The highest BCUT2D eigenvalue weighted by Crippen LogP contribution is 2.24. The van der Waals surface area contributed by atoms with E-state index in [1.54, 1.807) is 18.2 Å². The first-order chi connectivity index (χ1) is 11.4. The number of quaternary nitrogens is 1. The lowest BCUT2D eigenvalue weighted by Gasteiger charge is -2.13. The Labute approximate surface area is 148 Å². The molecule has 0 saturated carbocycles. The van der Waals surface area contributed by atoms with Crippen LogP contribution in [0.25, 0.3) is 0 Å². The summed E-state index contributed by atoms with van der Waals surface area (Å²) in [7, 11) is 0. The highest BCUT2D eigenvalue weighted by molar-refractivity contribution is 6.35. The number of benzene rings is 2. The molecule has 0 aliphatic carbocycles. The average Bonchev–Trinajstić information content (AvgIpc) is 2.53. The molecule has 0 unspecified atom stereocenters. The van der Waals surface area contributed by atoms with E-state index in [9.17, 15) is 14.9 Å². The minimum absolute atomic E-state index is 0.0365. The topological polar surface area (TPSA) is 88.8 Å². The van der Waals surface area contributed by atoms with Crippen molar-refractivity contribution in [1.29, 1.82) is 0 Å². The van der Waals surface area contributed by atoms with Gasteiger partial charge in [0.1, 0.15) is 6.04 Å². The molecule has 1 amide bonds. The number of anilines is 1. The van der Waals surface area contributed by atoms with Crippen molar-refractivity contribution in [2.45, 2.75) is 13.0 Å². The lowest BCUT2D eigenvalue weighted by molar-refractivity contribution is -0.682. The van der Waals surface area contributed by atoms with E-state index in [-0.39, 0.29) is 24.2 Å². The summed E-state index contributed by atoms with van der Waals surface area (Å²) < 4.78 is 0. The molecule has 24 heavy (non-hydrogen) atoms. The molecule has 0 bridgehead atoms. The van der Waals surface area contributed by atoms with Crippen molar-refractivity contribution in [3.63, 3.8) is 0 Å². The Morgan fingerprint density at radius 1 is 1.29 bits per heavy atom. The molecule has 0 saturated heterocycles. The molecule has 0 fully saturated rings. The highest BCUT2D eigenvalue weighted by Gasteiger charge is 2.15. The number of amides is 1. The number of hydrogen-bond donors (Lipinski definition) is 2. The zero-order valence-corrected chi connectivity index (χ0v) is 14.3. The third-order valence-electron chi connectivity index (χ3n) is 3.45. The van der Waals surface area contributed by atoms with Crippen LogP contribution in [-0.2, 0) is 4.79 Å². The predicted molar refractivity (Wildman–Crippen MR) is 93.4 cm³/mol. The van der Waals surface area contributed by atoms with Gasteiger partial charge in [-0.2, -0.15) is 0 Å². The number of nitrogens with two attached hydrogens (primary N) is 1. The quantitative estimate of drug-likeness (QED) is 0.606. The molecule has 0 aliphatic rings. The number of nitro groups is 1. The zero-order chi connectivity index (χ0) is 17.7. The lowest BCUT2D eigenvalue weighted by Crippen LogP contribution is -2.86. The normalized spacial score (nSPS) is 11.8. The van der Waals surface area contributed by atoms with Crippen LogP contribution >= 0.6 is 23.2 Å². The number of halogens is 2. The summed E-state index contributed by atoms with van der Waals surface area (Å²) in [6, 6.07) is 11.0. The maximum Gasteiger partial charge on any atom is 0.279 e. The third kappa shape index (κ3) is 4.92. The van der Waals surface area contributed by atoms with Gasteiger partial charge < -0.3 is 10.6 Å². The van der Waals surface area contributed by atoms with Gasteiger partial charge in [-0.3, -0.25) is 14.9 Å². The fourth-order valence-electron chi connectivity index (χ4n) is 2.19. The van der Waals surface area contributed by atoms with E-state index in [2.05, 4.69) is 5.32 Å². The van der Waals surface area contributed by atoms with Crippen LogP contribution in [0.1, 0.15) is 18.5 Å². The molecule has 2 aromatic rings. The number of carbonyl (C=O) groups is 1. The van der Waals surface area contributed by atoms with Gasteiger partial charge in [-0.05, 0) is 25.1 Å². The highest BCUT2D eigenvalue weighted by atomic mass is 35.5. The number of carbonyl (C=O) groups excluding carboxylic acids is 1. The Kier molecular flexibility index (Phi) is 6.14. The molecule has 6 nitrogen and oxygen atoms in total. The van der Waals surface area contributed by atoms with E-state index in [4.69, 9.17) is 23.2 Å². The van der Waals surface area contributed by atoms with Crippen LogP contribution in [0, 0.1) is 10.1 Å². The fraction of sp³-hybridized carbons (Fsp3) is 0.188. The number of nitrogens with zero attached hydrogens (tertiary/aromatic N) is 1. The van der Waals surface area contributed by atoms with E-state index in [0.717, 1.165) is 5.56 Å². The van der Waals surface area contributed by atoms with Crippen molar-refractivity contribution in [3.05, 3.63) is 68.2 Å². The Morgan fingerprint density at radius 2 is 2.04 bits per heavy atom. The van der Waals surface area contributed by atoms with Gasteiger partial charge in [0.05, 0.1) is 9.95 Å². The van der Waals surface area contributed by atoms with Crippen LogP contribution in [0.3, 0.4) is 0 Å². The molecular weight excluding hydrogens is 353 g/mol. The first kappa shape index (κ1) is 18.2. The smallest absolute Gasteiger partial charge is 0.279 e. The van der Waals surface area contributed by atoms with E-state index < -0.39 is 4.92 Å². The van der Waals surface area contributed by atoms with Gasteiger partial charge in [0.2, 0.25) is 0 Å². The van der Waals surface area contributed by atoms with E-state index in [1.165, 1.54) is 18.2 Å². The summed E-state index contributed by atoms with van der Waals surface area (Å²) in [6.45, 7) is 2.08. The van der Waals surface area contributed by atoms with Crippen molar-refractivity contribution in [1.82, 2.24) is 0 Å². The number of rotatable bonds is 6. The third-order valence-corrected chi connectivity index (χ3v) is 4.01. The Balaban J connectivity index is 1.93. The van der Waals surface area contributed by atoms with Gasteiger partial charge in [0, 0.05) is 28.4 Å². The predicted octanol–water partition coefficient (Wildman–Crippen LogP) is 3.16. The van der Waals surface area contributed by atoms with Gasteiger partial charge in [-0.15, -0.1) is 0 Å². The minimum Gasteiger partial charge on any atom is -0.332 e. The molecule has 8 heteroatoms. The fourth-order valence-corrected chi connectivity index (χ4v) is 2.77. The van der Waals surface area contributed by atoms with E-state index in [1.807, 2.05) is 18.3 Å². The minimum atomic E-state index is -0.508. The van der Waals surface area contributed by atoms with Gasteiger partial charge in [-0.25, -0.2) is 0 Å². The molecular formula is C16H16Cl2N3O3+. The van der Waals surface area contributed by atoms with Gasteiger partial charge in [-0.1, -0.05) is 35.3 Å². The maximum absolute atomic E-state index is 12.0. The van der Waals surface area contributed by atoms with Crippen molar-refractivity contribution < 1.29 is 15.0 Å².